The van der Waals surface area contributed by atoms with Gasteiger partial charge in [-0.05, 0) is 13.8 Å². The Balaban J connectivity index is 2.37. The van der Waals surface area contributed by atoms with Crippen molar-refractivity contribution in [3.05, 3.63) is 0 Å². The maximum Gasteiger partial charge on any atom is 0.317 e. The highest BCUT2D eigenvalue weighted by atomic mass is 32.2. The fraction of sp³-hybridized carbons (Fsp3) is 0.833. The van der Waals surface area contributed by atoms with E-state index in [9.17, 15) is 9.59 Å². The summed E-state index contributed by atoms with van der Waals surface area (Å²) >= 11 is 3.82. The van der Waals surface area contributed by atoms with Gasteiger partial charge >= 0.3 is 12.0 Å². The summed E-state index contributed by atoms with van der Waals surface area (Å²) in [6.45, 7) is 4.81. The van der Waals surface area contributed by atoms with Gasteiger partial charge in [0.25, 0.3) is 0 Å². The van der Waals surface area contributed by atoms with Gasteiger partial charge in [-0.15, -0.1) is 0 Å². The molecule has 2 amide bonds. The summed E-state index contributed by atoms with van der Waals surface area (Å²) in [7, 11) is 0. The Bertz CT molecular complexity index is 309. The Morgan fingerprint density at radius 1 is 1.47 bits per heavy atom. The van der Waals surface area contributed by atoms with Crippen molar-refractivity contribution in [3.63, 3.8) is 0 Å². The summed E-state index contributed by atoms with van der Waals surface area (Å²) in [5, 5.41) is 12.2. The van der Waals surface area contributed by atoms with Crippen LogP contribution in [0.3, 0.4) is 0 Å². The summed E-state index contributed by atoms with van der Waals surface area (Å²) in [5.41, 5.74) is 0. The number of carbonyl (C=O) groups excluding carboxylic acids is 1. The number of carbonyl (C=O) groups is 2. The molecule has 5 nitrogen and oxygen atoms in total. The van der Waals surface area contributed by atoms with Crippen LogP contribution in [0.15, 0.2) is 0 Å². The van der Waals surface area contributed by atoms with Gasteiger partial charge in [-0.25, -0.2) is 4.79 Å². The second kappa shape index (κ2) is 8.58. The van der Waals surface area contributed by atoms with Crippen molar-refractivity contribution >= 4 is 35.5 Å². The van der Waals surface area contributed by atoms with E-state index in [4.69, 9.17) is 5.11 Å². The van der Waals surface area contributed by atoms with Crippen LogP contribution in [0.1, 0.15) is 20.3 Å². The van der Waals surface area contributed by atoms with E-state index in [1.165, 1.54) is 5.75 Å². The molecule has 0 bridgehead atoms. The lowest BCUT2D eigenvalue weighted by molar-refractivity contribution is -0.138. The smallest absolute Gasteiger partial charge is 0.317 e. The van der Waals surface area contributed by atoms with Crippen LogP contribution in [-0.2, 0) is 4.79 Å². The van der Waals surface area contributed by atoms with Gasteiger partial charge in [-0.1, -0.05) is 0 Å². The summed E-state index contributed by atoms with van der Waals surface area (Å²) in [6, 6.07) is -0.441. The predicted octanol–water partition coefficient (Wildman–Crippen LogP) is 1.73. The number of rotatable bonds is 6. The Kier molecular flexibility index (Phi) is 7.45. The molecule has 110 valence electrons. The maximum atomic E-state index is 12.0. The summed E-state index contributed by atoms with van der Waals surface area (Å²) in [6.07, 6.45) is -0.0186. The molecule has 0 spiro atoms. The van der Waals surface area contributed by atoms with Gasteiger partial charge in [0.05, 0.1) is 6.42 Å². The van der Waals surface area contributed by atoms with E-state index in [-0.39, 0.29) is 18.5 Å². The Morgan fingerprint density at radius 3 is 2.74 bits per heavy atom. The van der Waals surface area contributed by atoms with Gasteiger partial charge in [0, 0.05) is 41.6 Å². The molecule has 0 aromatic heterocycles. The van der Waals surface area contributed by atoms with Crippen molar-refractivity contribution in [1.82, 2.24) is 10.2 Å². The second-order valence-electron chi connectivity index (χ2n) is 4.49. The van der Waals surface area contributed by atoms with Gasteiger partial charge in [-0.3, -0.25) is 4.79 Å². The minimum absolute atomic E-state index is 0.0186. The van der Waals surface area contributed by atoms with Crippen LogP contribution >= 0.6 is 23.5 Å². The molecule has 2 N–H and O–H groups in total. The van der Waals surface area contributed by atoms with Crippen LogP contribution in [0.5, 0.6) is 0 Å². The van der Waals surface area contributed by atoms with Crippen molar-refractivity contribution in [2.24, 2.45) is 0 Å². The number of aliphatic carboxylic acids is 1. The highest BCUT2D eigenvalue weighted by molar-refractivity contribution is 8.06. The van der Waals surface area contributed by atoms with Crippen LogP contribution in [0, 0.1) is 0 Å². The molecule has 2 atom stereocenters. The largest absolute Gasteiger partial charge is 0.481 e. The van der Waals surface area contributed by atoms with Gasteiger partial charge in [0.2, 0.25) is 0 Å². The van der Waals surface area contributed by atoms with Gasteiger partial charge < -0.3 is 15.3 Å². The third kappa shape index (κ3) is 5.95. The zero-order chi connectivity index (χ0) is 14.3. The Labute approximate surface area is 122 Å². The van der Waals surface area contributed by atoms with Crippen LogP contribution in [0.4, 0.5) is 4.79 Å². The van der Waals surface area contributed by atoms with E-state index in [0.29, 0.717) is 18.3 Å². The van der Waals surface area contributed by atoms with Crippen molar-refractivity contribution in [2.45, 2.75) is 31.6 Å². The molecule has 1 fully saturated rings. The summed E-state index contributed by atoms with van der Waals surface area (Å²) in [4.78, 5) is 24.3. The fourth-order valence-corrected chi connectivity index (χ4v) is 4.59. The van der Waals surface area contributed by atoms with Crippen LogP contribution in [-0.4, -0.2) is 63.6 Å². The number of hydrogen-bond donors (Lipinski definition) is 2. The number of amides is 2. The van der Waals surface area contributed by atoms with Gasteiger partial charge in [0.15, 0.2) is 0 Å². The first-order chi connectivity index (χ1) is 9.04. The third-order valence-electron chi connectivity index (χ3n) is 2.97. The standard InChI is InChI=1S/C12H22N2O3S2/c1-3-14(9(2)6-11(15)16)12(17)13-7-10-8-18-4-5-19-10/h9-10H,3-8H2,1-2H3,(H,13,17)(H,15,16). The number of thioether (sulfide) groups is 2. The molecule has 2 unspecified atom stereocenters. The molecule has 1 rings (SSSR count). The minimum Gasteiger partial charge on any atom is -0.481 e. The third-order valence-corrected chi connectivity index (χ3v) is 5.81. The van der Waals surface area contributed by atoms with E-state index in [1.807, 2.05) is 30.4 Å². The SMILES string of the molecule is CCN(C(=O)NCC1CSCCS1)C(C)CC(=O)O. The van der Waals surface area contributed by atoms with E-state index in [2.05, 4.69) is 5.32 Å². The molecule has 0 aromatic rings. The van der Waals surface area contributed by atoms with Crippen LogP contribution in [0.25, 0.3) is 0 Å². The number of hydrogen-bond acceptors (Lipinski definition) is 4. The lowest BCUT2D eigenvalue weighted by atomic mass is 10.2. The quantitative estimate of drug-likeness (QED) is 0.782. The van der Waals surface area contributed by atoms with Crippen molar-refractivity contribution < 1.29 is 14.7 Å². The van der Waals surface area contributed by atoms with Crippen molar-refractivity contribution in [1.29, 1.82) is 0 Å². The number of urea groups is 1. The Morgan fingerprint density at radius 2 is 2.21 bits per heavy atom. The first-order valence-corrected chi connectivity index (χ1v) is 8.70. The molecule has 1 aliphatic heterocycles. The molecule has 1 heterocycles. The zero-order valence-corrected chi connectivity index (χ0v) is 13.1. The molecule has 0 aromatic carbocycles. The topological polar surface area (TPSA) is 69.6 Å². The average molecular weight is 306 g/mol. The predicted molar refractivity (Wildman–Crippen MR) is 81.1 cm³/mol. The molecule has 0 aliphatic carbocycles. The first-order valence-electron chi connectivity index (χ1n) is 6.50. The summed E-state index contributed by atoms with van der Waals surface area (Å²) in [5.74, 6) is 2.52. The van der Waals surface area contributed by atoms with E-state index in [1.54, 1.807) is 11.8 Å². The lowest BCUT2D eigenvalue weighted by Crippen LogP contribution is -2.47. The highest BCUT2D eigenvalue weighted by Gasteiger charge is 2.22. The molecule has 0 saturated carbocycles. The van der Waals surface area contributed by atoms with Gasteiger partial charge in [0.1, 0.15) is 0 Å². The molecule has 1 saturated heterocycles. The second-order valence-corrected chi connectivity index (χ2v) is 7.04. The van der Waals surface area contributed by atoms with Gasteiger partial charge in [-0.2, -0.15) is 23.5 Å². The van der Waals surface area contributed by atoms with Crippen LogP contribution < -0.4 is 5.32 Å². The summed E-state index contributed by atoms with van der Waals surface area (Å²) < 4.78 is 0. The number of carboxylic acids is 1. The van der Waals surface area contributed by atoms with Crippen LogP contribution in [0.2, 0.25) is 0 Å². The molecular formula is C12H22N2O3S2. The maximum absolute atomic E-state index is 12.0. The average Bonchev–Trinajstić information content (AvgIpc) is 2.37. The number of nitrogens with one attached hydrogen (secondary N) is 1. The first kappa shape index (κ1) is 16.5. The molecular weight excluding hydrogens is 284 g/mol. The minimum atomic E-state index is -0.877. The fourth-order valence-electron chi connectivity index (χ4n) is 1.98. The highest BCUT2D eigenvalue weighted by Crippen LogP contribution is 2.23. The zero-order valence-electron chi connectivity index (χ0n) is 11.4. The monoisotopic (exact) mass is 306 g/mol. The number of nitrogens with zero attached hydrogens (tertiary/aromatic N) is 1. The molecule has 0 radical (unpaired) electrons. The molecule has 19 heavy (non-hydrogen) atoms. The lowest BCUT2D eigenvalue weighted by Gasteiger charge is -2.28. The molecule has 1 aliphatic rings. The van der Waals surface area contributed by atoms with E-state index >= 15 is 0 Å². The van der Waals surface area contributed by atoms with Crippen molar-refractivity contribution in [2.75, 3.05) is 30.3 Å². The molecule has 7 heteroatoms. The van der Waals surface area contributed by atoms with E-state index in [0.717, 1.165) is 11.5 Å². The van der Waals surface area contributed by atoms with E-state index < -0.39 is 5.97 Å². The van der Waals surface area contributed by atoms with Crippen molar-refractivity contribution in [3.8, 4) is 0 Å². The Hall–Kier alpha value is -0.560. The normalized spacial score (nSPS) is 20.6. The number of carboxylic acid groups (broad SMARTS) is 1.